The largest absolute Gasteiger partial charge is 0.469 e. The summed E-state index contributed by atoms with van der Waals surface area (Å²) in [5.74, 6) is -0.532. The lowest BCUT2D eigenvalue weighted by Gasteiger charge is -2.18. The molecule has 0 spiro atoms. The fourth-order valence-corrected chi connectivity index (χ4v) is 5.05. The SMILES string of the molecule is COC(=O)[C@@H]1Cc2cccc(S(=O)(=O)N3CCCC3)c2C1. The summed E-state index contributed by atoms with van der Waals surface area (Å²) in [5.41, 5.74) is 1.74. The van der Waals surface area contributed by atoms with Crippen molar-refractivity contribution >= 4 is 16.0 Å². The van der Waals surface area contributed by atoms with Gasteiger partial charge in [-0.25, -0.2) is 8.42 Å². The fourth-order valence-electron chi connectivity index (χ4n) is 3.26. The molecule has 3 rings (SSSR count). The van der Waals surface area contributed by atoms with Crippen LogP contribution in [0.5, 0.6) is 0 Å². The van der Waals surface area contributed by atoms with Crippen LogP contribution in [-0.4, -0.2) is 38.9 Å². The highest BCUT2D eigenvalue weighted by Crippen LogP contribution is 2.34. The zero-order chi connectivity index (χ0) is 15.0. The van der Waals surface area contributed by atoms with Crippen molar-refractivity contribution in [2.75, 3.05) is 20.2 Å². The number of methoxy groups -OCH3 is 1. The van der Waals surface area contributed by atoms with Gasteiger partial charge in [0, 0.05) is 13.1 Å². The number of carbonyl (C=O) groups is 1. The van der Waals surface area contributed by atoms with Gasteiger partial charge in [-0.3, -0.25) is 4.79 Å². The van der Waals surface area contributed by atoms with Crippen molar-refractivity contribution in [2.24, 2.45) is 5.92 Å². The Hall–Kier alpha value is -1.40. The zero-order valence-electron chi connectivity index (χ0n) is 12.0. The lowest BCUT2D eigenvalue weighted by molar-refractivity contribution is -0.145. The van der Waals surface area contributed by atoms with Crippen molar-refractivity contribution < 1.29 is 17.9 Å². The monoisotopic (exact) mass is 309 g/mol. The molecule has 0 aromatic heterocycles. The van der Waals surface area contributed by atoms with E-state index in [0.717, 1.165) is 24.0 Å². The van der Waals surface area contributed by atoms with Gasteiger partial charge < -0.3 is 4.74 Å². The fraction of sp³-hybridized carbons (Fsp3) is 0.533. The van der Waals surface area contributed by atoms with Gasteiger partial charge in [-0.15, -0.1) is 0 Å². The van der Waals surface area contributed by atoms with Gasteiger partial charge in [0.15, 0.2) is 0 Å². The summed E-state index contributed by atoms with van der Waals surface area (Å²) in [7, 11) is -2.07. The molecule has 0 unspecified atom stereocenters. The first-order valence-electron chi connectivity index (χ1n) is 7.23. The maximum atomic E-state index is 12.7. The lowest BCUT2D eigenvalue weighted by atomic mass is 10.1. The Kier molecular flexibility index (Phi) is 3.75. The topological polar surface area (TPSA) is 63.7 Å². The van der Waals surface area contributed by atoms with E-state index < -0.39 is 10.0 Å². The Labute approximate surface area is 124 Å². The first-order valence-corrected chi connectivity index (χ1v) is 8.67. The second-order valence-corrected chi connectivity index (χ2v) is 7.54. The third kappa shape index (κ3) is 2.46. The van der Waals surface area contributed by atoms with Crippen LogP contribution in [0.2, 0.25) is 0 Å². The minimum atomic E-state index is -3.44. The van der Waals surface area contributed by atoms with Gasteiger partial charge in [0.25, 0.3) is 0 Å². The molecule has 21 heavy (non-hydrogen) atoms. The highest BCUT2D eigenvalue weighted by molar-refractivity contribution is 7.89. The number of rotatable bonds is 3. The summed E-state index contributed by atoms with van der Waals surface area (Å²) in [6.07, 6.45) is 2.84. The summed E-state index contributed by atoms with van der Waals surface area (Å²) in [5, 5.41) is 0. The number of hydrogen-bond acceptors (Lipinski definition) is 4. The average molecular weight is 309 g/mol. The highest BCUT2D eigenvalue weighted by atomic mass is 32.2. The Morgan fingerprint density at radius 2 is 1.95 bits per heavy atom. The van der Waals surface area contributed by atoms with Gasteiger partial charge in [0.05, 0.1) is 17.9 Å². The minimum absolute atomic E-state index is 0.264. The third-order valence-corrected chi connectivity index (χ3v) is 6.35. The summed E-state index contributed by atoms with van der Waals surface area (Å²) >= 11 is 0. The van der Waals surface area contributed by atoms with E-state index >= 15 is 0 Å². The average Bonchev–Trinajstić information content (AvgIpc) is 3.14. The predicted octanol–water partition coefficient (Wildman–Crippen LogP) is 1.36. The number of hydrogen-bond donors (Lipinski definition) is 0. The van der Waals surface area contributed by atoms with Gasteiger partial charge in [-0.05, 0) is 42.9 Å². The molecule has 0 amide bonds. The molecular weight excluding hydrogens is 290 g/mol. The highest BCUT2D eigenvalue weighted by Gasteiger charge is 2.35. The molecule has 0 saturated carbocycles. The van der Waals surface area contributed by atoms with Crippen LogP contribution >= 0.6 is 0 Å². The van der Waals surface area contributed by atoms with Crippen LogP contribution in [0.3, 0.4) is 0 Å². The summed E-state index contributed by atoms with van der Waals surface area (Å²) in [4.78, 5) is 12.1. The molecule has 1 heterocycles. The number of ether oxygens (including phenoxy) is 1. The molecule has 1 saturated heterocycles. The van der Waals surface area contributed by atoms with E-state index in [4.69, 9.17) is 4.74 Å². The molecule has 6 heteroatoms. The van der Waals surface area contributed by atoms with Gasteiger partial charge in [-0.2, -0.15) is 4.31 Å². The van der Waals surface area contributed by atoms with Crippen molar-refractivity contribution in [1.29, 1.82) is 0 Å². The standard InChI is InChI=1S/C15H19NO4S/c1-20-15(17)12-9-11-5-4-6-14(13(11)10-12)21(18,19)16-7-2-3-8-16/h4-6,12H,2-3,7-10H2,1H3/t12-/m1/s1. The molecule has 1 aromatic rings. The van der Waals surface area contributed by atoms with Crippen LogP contribution in [-0.2, 0) is 32.4 Å². The smallest absolute Gasteiger partial charge is 0.309 e. The molecule has 114 valence electrons. The Bertz CT molecular complexity index is 662. The maximum Gasteiger partial charge on any atom is 0.309 e. The Morgan fingerprint density at radius 3 is 2.62 bits per heavy atom. The van der Waals surface area contributed by atoms with Crippen molar-refractivity contribution in [3.63, 3.8) is 0 Å². The maximum absolute atomic E-state index is 12.7. The van der Waals surface area contributed by atoms with Crippen LogP contribution in [0.4, 0.5) is 0 Å². The van der Waals surface area contributed by atoms with Crippen molar-refractivity contribution in [2.45, 2.75) is 30.6 Å². The van der Waals surface area contributed by atoms with E-state index in [1.807, 2.05) is 6.07 Å². The van der Waals surface area contributed by atoms with E-state index in [1.54, 1.807) is 16.4 Å². The normalized spacial score (nSPS) is 22.2. The van der Waals surface area contributed by atoms with E-state index in [-0.39, 0.29) is 11.9 Å². The van der Waals surface area contributed by atoms with Crippen LogP contribution in [0, 0.1) is 5.92 Å². The molecule has 5 nitrogen and oxygen atoms in total. The molecule has 1 aliphatic heterocycles. The summed E-state index contributed by atoms with van der Waals surface area (Å²) in [6, 6.07) is 5.33. The molecule has 1 fully saturated rings. The quantitative estimate of drug-likeness (QED) is 0.791. The van der Waals surface area contributed by atoms with E-state index in [1.165, 1.54) is 7.11 Å². The van der Waals surface area contributed by atoms with Crippen LogP contribution in [0.1, 0.15) is 24.0 Å². The lowest BCUT2D eigenvalue weighted by Crippen LogP contribution is -2.28. The molecule has 1 atom stereocenters. The molecule has 0 radical (unpaired) electrons. The van der Waals surface area contributed by atoms with Gasteiger partial charge in [-0.1, -0.05) is 12.1 Å². The van der Waals surface area contributed by atoms with Crippen LogP contribution in [0.25, 0.3) is 0 Å². The van der Waals surface area contributed by atoms with Crippen molar-refractivity contribution in [3.8, 4) is 0 Å². The summed E-state index contributed by atoms with van der Waals surface area (Å²) in [6.45, 7) is 1.18. The number of fused-ring (bicyclic) bond motifs is 1. The van der Waals surface area contributed by atoms with E-state index in [0.29, 0.717) is 30.8 Å². The van der Waals surface area contributed by atoms with Gasteiger partial charge >= 0.3 is 5.97 Å². The number of sulfonamides is 1. The van der Waals surface area contributed by atoms with Gasteiger partial charge in [0.2, 0.25) is 10.0 Å². The van der Waals surface area contributed by atoms with E-state index in [9.17, 15) is 13.2 Å². The Balaban J connectivity index is 1.97. The minimum Gasteiger partial charge on any atom is -0.469 e. The number of esters is 1. The van der Waals surface area contributed by atoms with E-state index in [2.05, 4.69) is 0 Å². The first-order chi connectivity index (χ1) is 10.0. The Morgan fingerprint density at radius 1 is 1.24 bits per heavy atom. The number of carbonyl (C=O) groups excluding carboxylic acids is 1. The molecule has 2 aliphatic rings. The third-order valence-electron chi connectivity index (χ3n) is 4.36. The molecule has 0 N–H and O–H groups in total. The molecule has 0 bridgehead atoms. The second kappa shape index (κ2) is 5.42. The van der Waals surface area contributed by atoms with Crippen molar-refractivity contribution in [3.05, 3.63) is 29.3 Å². The van der Waals surface area contributed by atoms with Crippen LogP contribution in [0.15, 0.2) is 23.1 Å². The van der Waals surface area contributed by atoms with Crippen molar-refractivity contribution in [1.82, 2.24) is 4.31 Å². The predicted molar refractivity (Wildman–Crippen MR) is 77.3 cm³/mol. The molecule has 1 aromatic carbocycles. The molecular formula is C15H19NO4S. The van der Waals surface area contributed by atoms with Crippen LogP contribution < -0.4 is 0 Å². The summed E-state index contributed by atoms with van der Waals surface area (Å²) < 4.78 is 31.8. The zero-order valence-corrected chi connectivity index (χ0v) is 12.9. The van der Waals surface area contributed by atoms with Gasteiger partial charge in [0.1, 0.15) is 0 Å². The number of benzene rings is 1. The second-order valence-electron chi connectivity index (χ2n) is 5.63. The molecule has 1 aliphatic carbocycles. The number of nitrogens with zero attached hydrogens (tertiary/aromatic N) is 1. The first kappa shape index (κ1) is 14.5.